The van der Waals surface area contributed by atoms with E-state index in [-0.39, 0.29) is 0 Å². The van der Waals surface area contributed by atoms with E-state index in [1.54, 1.807) is 12.4 Å². The Labute approximate surface area is 142 Å². The molecule has 8 heteroatoms. The minimum Gasteiger partial charge on any atom is -0.465 e. The van der Waals surface area contributed by atoms with Crippen LogP contribution in [0.25, 0.3) is 27.8 Å². The van der Waals surface area contributed by atoms with Crippen molar-refractivity contribution in [1.29, 1.82) is 0 Å². The smallest absolute Gasteiger partial charge is 0.340 e. The summed E-state index contributed by atoms with van der Waals surface area (Å²) in [6.07, 6.45) is 4.65. The molecule has 0 aliphatic heterocycles. The van der Waals surface area contributed by atoms with E-state index in [1.807, 2.05) is 30.3 Å². The highest BCUT2D eigenvalue weighted by atomic mass is 16.5. The van der Waals surface area contributed by atoms with E-state index in [1.165, 1.54) is 18.1 Å². The Balaban J connectivity index is 1.87. The van der Waals surface area contributed by atoms with E-state index < -0.39 is 5.97 Å². The molecular weight excluding hydrogens is 320 g/mol. The fraction of sp³-hybridized carbons (Fsp3) is 0.0588. The first kappa shape index (κ1) is 14.9. The molecule has 0 fully saturated rings. The van der Waals surface area contributed by atoms with Gasteiger partial charge < -0.3 is 15.5 Å². The third kappa shape index (κ3) is 2.49. The normalized spacial score (nSPS) is 10.9. The Morgan fingerprint density at radius 1 is 1.24 bits per heavy atom. The summed E-state index contributed by atoms with van der Waals surface area (Å²) in [5.41, 5.74) is 9.43. The highest BCUT2D eigenvalue weighted by Gasteiger charge is 2.16. The molecule has 0 spiro atoms. The molecule has 1 aromatic carbocycles. The van der Waals surface area contributed by atoms with Gasteiger partial charge in [-0.3, -0.25) is 0 Å². The largest absolute Gasteiger partial charge is 0.465 e. The average molecular weight is 334 g/mol. The van der Waals surface area contributed by atoms with Crippen LogP contribution in [0.1, 0.15) is 10.4 Å². The van der Waals surface area contributed by atoms with E-state index in [0.29, 0.717) is 22.3 Å². The SMILES string of the molecule is COC(=O)c1cnc(N)c2[nH]c(-c3cccc(-n4nccn4)c3)cc12. The maximum atomic E-state index is 12.0. The van der Waals surface area contributed by atoms with Crippen molar-refractivity contribution in [2.45, 2.75) is 0 Å². The Morgan fingerprint density at radius 3 is 2.80 bits per heavy atom. The number of benzene rings is 1. The number of carbonyl (C=O) groups is 1. The lowest BCUT2D eigenvalue weighted by atomic mass is 10.1. The first-order valence-electron chi connectivity index (χ1n) is 7.50. The molecular formula is C17H14N6O2. The van der Waals surface area contributed by atoms with Crippen LogP contribution in [0.4, 0.5) is 5.82 Å². The zero-order valence-corrected chi connectivity index (χ0v) is 13.3. The van der Waals surface area contributed by atoms with Gasteiger partial charge in [0.1, 0.15) is 5.82 Å². The molecule has 8 nitrogen and oxygen atoms in total. The lowest BCUT2D eigenvalue weighted by molar-refractivity contribution is 0.0602. The molecule has 0 aliphatic carbocycles. The van der Waals surface area contributed by atoms with Gasteiger partial charge >= 0.3 is 5.97 Å². The van der Waals surface area contributed by atoms with Gasteiger partial charge in [-0.15, -0.1) is 0 Å². The van der Waals surface area contributed by atoms with Crippen LogP contribution < -0.4 is 5.73 Å². The zero-order valence-electron chi connectivity index (χ0n) is 13.3. The molecule has 0 atom stereocenters. The number of rotatable bonds is 3. The summed E-state index contributed by atoms with van der Waals surface area (Å²) in [4.78, 5) is 20.8. The second kappa shape index (κ2) is 5.75. The summed E-state index contributed by atoms with van der Waals surface area (Å²) in [5, 5.41) is 8.93. The van der Waals surface area contributed by atoms with Crippen molar-refractivity contribution in [3.8, 4) is 16.9 Å². The second-order valence-corrected chi connectivity index (χ2v) is 5.39. The Hall–Kier alpha value is -3.68. The van der Waals surface area contributed by atoms with E-state index in [9.17, 15) is 4.79 Å². The highest BCUT2D eigenvalue weighted by Crippen LogP contribution is 2.30. The third-order valence-corrected chi connectivity index (χ3v) is 3.91. The van der Waals surface area contributed by atoms with Crippen molar-refractivity contribution in [2.75, 3.05) is 12.8 Å². The van der Waals surface area contributed by atoms with Crippen molar-refractivity contribution in [3.63, 3.8) is 0 Å². The van der Waals surface area contributed by atoms with Crippen molar-refractivity contribution in [1.82, 2.24) is 25.0 Å². The number of carbonyl (C=O) groups excluding carboxylic acids is 1. The molecule has 3 heterocycles. The number of esters is 1. The number of nitrogens with one attached hydrogen (secondary N) is 1. The van der Waals surface area contributed by atoms with Crippen LogP contribution in [0.3, 0.4) is 0 Å². The second-order valence-electron chi connectivity index (χ2n) is 5.39. The molecule has 3 aromatic heterocycles. The number of anilines is 1. The first-order valence-corrected chi connectivity index (χ1v) is 7.50. The van der Waals surface area contributed by atoms with Crippen LogP contribution in [0.15, 0.2) is 48.9 Å². The molecule has 0 saturated carbocycles. The van der Waals surface area contributed by atoms with Crippen LogP contribution in [0, 0.1) is 0 Å². The number of methoxy groups -OCH3 is 1. The number of H-pyrrole nitrogens is 1. The molecule has 0 saturated heterocycles. The molecule has 25 heavy (non-hydrogen) atoms. The van der Waals surface area contributed by atoms with Gasteiger partial charge in [-0.1, -0.05) is 12.1 Å². The molecule has 0 amide bonds. The number of hydrogen-bond acceptors (Lipinski definition) is 6. The van der Waals surface area contributed by atoms with Crippen molar-refractivity contribution in [2.24, 2.45) is 0 Å². The molecule has 0 radical (unpaired) electrons. The van der Waals surface area contributed by atoms with Crippen molar-refractivity contribution >= 4 is 22.7 Å². The number of nitrogen functional groups attached to an aromatic ring is 1. The minimum absolute atomic E-state index is 0.318. The number of aromatic amines is 1. The number of nitrogens with two attached hydrogens (primary N) is 1. The Morgan fingerprint density at radius 2 is 2.04 bits per heavy atom. The lowest BCUT2D eigenvalue weighted by Gasteiger charge is -2.02. The number of ether oxygens (including phenoxy) is 1. The zero-order chi connectivity index (χ0) is 17.4. The molecule has 124 valence electrons. The summed E-state index contributed by atoms with van der Waals surface area (Å²) >= 11 is 0. The first-order chi connectivity index (χ1) is 12.2. The lowest BCUT2D eigenvalue weighted by Crippen LogP contribution is -2.03. The van der Waals surface area contributed by atoms with E-state index in [0.717, 1.165) is 16.9 Å². The summed E-state index contributed by atoms with van der Waals surface area (Å²) in [6.45, 7) is 0. The van der Waals surface area contributed by atoms with Gasteiger partial charge in [-0.05, 0) is 18.2 Å². The highest BCUT2D eigenvalue weighted by molar-refractivity contribution is 6.07. The van der Waals surface area contributed by atoms with Crippen LogP contribution >= 0.6 is 0 Å². The van der Waals surface area contributed by atoms with Crippen molar-refractivity contribution in [3.05, 3.63) is 54.5 Å². The standard InChI is InChI=1S/C17H14N6O2/c1-25-17(24)13-9-19-16(18)15-12(13)8-14(22-15)10-3-2-4-11(7-10)23-20-5-6-21-23/h2-9,22H,1H3,(H2,18,19). The number of fused-ring (bicyclic) bond motifs is 1. The maximum absolute atomic E-state index is 12.0. The summed E-state index contributed by atoms with van der Waals surface area (Å²) in [5.74, 6) is -0.142. The number of nitrogens with zero attached hydrogens (tertiary/aromatic N) is 4. The van der Waals surface area contributed by atoms with Gasteiger partial charge in [0.05, 0.1) is 36.3 Å². The molecule has 4 aromatic rings. The Kier molecular flexibility index (Phi) is 3.42. The summed E-state index contributed by atoms with van der Waals surface area (Å²) < 4.78 is 4.81. The molecule has 3 N–H and O–H groups in total. The predicted octanol–water partition coefficient (Wildman–Crippen LogP) is 2.18. The fourth-order valence-electron chi connectivity index (χ4n) is 2.71. The fourth-order valence-corrected chi connectivity index (χ4v) is 2.71. The number of pyridine rings is 1. The minimum atomic E-state index is -0.461. The van der Waals surface area contributed by atoms with Gasteiger partial charge in [-0.25, -0.2) is 9.78 Å². The molecule has 0 aliphatic rings. The summed E-state index contributed by atoms with van der Waals surface area (Å²) in [6, 6.07) is 9.55. The van der Waals surface area contributed by atoms with Crippen LogP contribution in [0.2, 0.25) is 0 Å². The van der Waals surface area contributed by atoms with Crippen molar-refractivity contribution < 1.29 is 9.53 Å². The van der Waals surface area contributed by atoms with Gasteiger partial charge in [0.25, 0.3) is 0 Å². The van der Waals surface area contributed by atoms with Gasteiger partial charge in [0.15, 0.2) is 0 Å². The third-order valence-electron chi connectivity index (χ3n) is 3.91. The monoisotopic (exact) mass is 334 g/mol. The van der Waals surface area contributed by atoms with E-state index in [4.69, 9.17) is 10.5 Å². The van der Waals surface area contributed by atoms with Gasteiger partial charge in [-0.2, -0.15) is 15.0 Å². The summed E-state index contributed by atoms with van der Waals surface area (Å²) in [7, 11) is 1.33. The average Bonchev–Trinajstić information content (AvgIpc) is 3.32. The maximum Gasteiger partial charge on any atom is 0.340 e. The number of hydrogen-bond donors (Lipinski definition) is 2. The van der Waals surface area contributed by atoms with Crippen LogP contribution in [0.5, 0.6) is 0 Å². The molecule has 4 rings (SSSR count). The van der Waals surface area contributed by atoms with Gasteiger partial charge in [0, 0.05) is 22.8 Å². The number of aromatic nitrogens is 5. The van der Waals surface area contributed by atoms with Gasteiger partial charge in [0.2, 0.25) is 0 Å². The van der Waals surface area contributed by atoms with E-state index in [2.05, 4.69) is 20.2 Å². The molecule has 0 unspecified atom stereocenters. The topological polar surface area (TPSA) is 112 Å². The van der Waals surface area contributed by atoms with Crippen LogP contribution in [-0.2, 0) is 4.74 Å². The predicted molar refractivity (Wildman–Crippen MR) is 92.2 cm³/mol. The molecule has 0 bridgehead atoms. The Bertz CT molecular complexity index is 1070. The van der Waals surface area contributed by atoms with E-state index >= 15 is 0 Å². The quantitative estimate of drug-likeness (QED) is 0.555. The van der Waals surface area contributed by atoms with Crippen LogP contribution in [-0.4, -0.2) is 38.0 Å².